The van der Waals surface area contributed by atoms with Crippen molar-refractivity contribution in [3.8, 4) is 0 Å². The fraction of sp³-hybridized carbons (Fsp3) is 0.562. The van der Waals surface area contributed by atoms with Crippen LogP contribution in [0.5, 0.6) is 0 Å². The van der Waals surface area contributed by atoms with E-state index in [-0.39, 0.29) is 11.8 Å². The van der Waals surface area contributed by atoms with Gasteiger partial charge in [0.2, 0.25) is 5.91 Å². The first-order valence-electron chi connectivity index (χ1n) is 7.40. The normalized spacial score (nSPS) is 20.4. The average Bonchev–Trinajstić information content (AvgIpc) is 2.47. The first kappa shape index (κ1) is 15.3. The average molecular weight is 295 g/mol. The van der Waals surface area contributed by atoms with Gasteiger partial charge in [-0.3, -0.25) is 4.79 Å². The predicted octanol–water partition coefficient (Wildman–Crippen LogP) is 2.95. The zero-order chi connectivity index (χ0) is 14.4. The van der Waals surface area contributed by atoms with Crippen molar-refractivity contribution in [3.05, 3.63) is 34.9 Å². The highest BCUT2D eigenvalue weighted by atomic mass is 35.5. The Labute approximate surface area is 126 Å². The molecule has 1 aliphatic heterocycles. The number of carbonyl (C=O) groups excluding carboxylic acids is 1. The summed E-state index contributed by atoms with van der Waals surface area (Å²) < 4.78 is 0. The maximum atomic E-state index is 12.1. The number of amides is 1. The third-order valence-corrected chi connectivity index (χ3v) is 4.23. The summed E-state index contributed by atoms with van der Waals surface area (Å²) in [7, 11) is 0. The number of hydrogen-bond donors (Lipinski definition) is 2. The fourth-order valence-electron chi connectivity index (χ4n) is 2.65. The van der Waals surface area contributed by atoms with Crippen LogP contribution in [-0.4, -0.2) is 25.5 Å². The van der Waals surface area contributed by atoms with E-state index in [0.29, 0.717) is 10.9 Å². The van der Waals surface area contributed by atoms with Gasteiger partial charge in [-0.15, -0.1) is 0 Å². The molecule has 1 amide bonds. The summed E-state index contributed by atoms with van der Waals surface area (Å²) in [5.74, 6) is 0.625. The molecule has 1 aromatic rings. The van der Waals surface area contributed by atoms with Crippen molar-refractivity contribution >= 4 is 17.5 Å². The van der Waals surface area contributed by atoms with E-state index in [1.807, 2.05) is 31.2 Å². The highest BCUT2D eigenvalue weighted by molar-refractivity contribution is 6.30. The number of hydrogen-bond acceptors (Lipinski definition) is 2. The summed E-state index contributed by atoms with van der Waals surface area (Å²) in [5, 5.41) is 7.11. The molecule has 2 rings (SSSR count). The molecule has 110 valence electrons. The molecular formula is C16H23ClN2O. The molecule has 20 heavy (non-hydrogen) atoms. The molecule has 2 unspecified atom stereocenters. The van der Waals surface area contributed by atoms with E-state index >= 15 is 0 Å². The third-order valence-electron chi connectivity index (χ3n) is 3.99. The summed E-state index contributed by atoms with van der Waals surface area (Å²) in [5.41, 5.74) is 0.967. The first-order valence-corrected chi connectivity index (χ1v) is 7.78. The lowest BCUT2D eigenvalue weighted by atomic mass is 9.96. The Morgan fingerprint density at radius 1 is 1.55 bits per heavy atom. The summed E-state index contributed by atoms with van der Waals surface area (Å²) in [4.78, 5) is 12.1. The van der Waals surface area contributed by atoms with E-state index in [9.17, 15) is 4.79 Å². The van der Waals surface area contributed by atoms with E-state index in [0.717, 1.165) is 31.6 Å². The van der Waals surface area contributed by atoms with Gasteiger partial charge in [-0.1, -0.05) is 23.7 Å². The second kappa shape index (κ2) is 7.65. The van der Waals surface area contributed by atoms with Crippen molar-refractivity contribution in [2.24, 2.45) is 5.92 Å². The lowest BCUT2D eigenvalue weighted by Gasteiger charge is -2.23. The summed E-state index contributed by atoms with van der Waals surface area (Å²) in [6, 6.07) is 7.51. The van der Waals surface area contributed by atoms with Crippen LogP contribution in [0.3, 0.4) is 0 Å². The Morgan fingerprint density at radius 2 is 2.40 bits per heavy atom. The van der Waals surface area contributed by atoms with Crippen molar-refractivity contribution in [3.63, 3.8) is 0 Å². The maximum absolute atomic E-state index is 12.1. The van der Waals surface area contributed by atoms with Gasteiger partial charge in [0.1, 0.15) is 0 Å². The molecule has 2 N–H and O–H groups in total. The van der Waals surface area contributed by atoms with Gasteiger partial charge in [0, 0.05) is 11.6 Å². The SMILES string of the molecule is CC(C(=O)NCCC1CCCNC1)c1cccc(Cl)c1. The number of piperidine rings is 1. The van der Waals surface area contributed by atoms with Gasteiger partial charge < -0.3 is 10.6 Å². The Morgan fingerprint density at radius 3 is 3.10 bits per heavy atom. The Kier molecular flexibility index (Phi) is 5.86. The molecule has 0 saturated carbocycles. The lowest BCUT2D eigenvalue weighted by Crippen LogP contribution is -2.34. The number of rotatable bonds is 5. The van der Waals surface area contributed by atoms with Crippen LogP contribution in [0.2, 0.25) is 5.02 Å². The maximum Gasteiger partial charge on any atom is 0.227 e. The highest BCUT2D eigenvalue weighted by Crippen LogP contribution is 2.19. The van der Waals surface area contributed by atoms with Crippen LogP contribution in [0.1, 0.15) is 37.7 Å². The minimum atomic E-state index is -0.154. The summed E-state index contributed by atoms with van der Waals surface area (Å²) in [6.45, 7) is 4.90. The van der Waals surface area contributed by atoms with Gasteiger partial charge >= 0.3 is 0 Å². The molecule has 0 radical (unpaired) electrons. The van der Waals surface area contributed by atoms with Gasteiger partial charge in [0.05, 0.1) is 5.92 Å². The van der Waals surface area contributed by atoms with Gasteiger partial charge in [-0.2, -0.15) is 0 Å². The highest BCUT2D eigenvalue weighted by Gasteiger charge is 2.16. The number of carbonyl (C=O) groups is 1. The molecule has 0 aliphatic carbocycles. The molecule has 1 aliphatic rings. The zero-order valence-corrected chi connectivity index (χ0v) is 12.7. The van der Waals surface area contributed by atoms with Gasteiger partial charge in [-0.25, -0.2) is 0 Å². The minimum Gasteiger partial charge on any atom is -0.356 e. The van der Waals surface area contributed by atoms with Crippen molar-refractivity contribution in [1.29, 1.82) is 0 Å². The lowest BCUT2D eigenvalue weighted by molar-refractivity contribution is -0.122. The largest absolute Gasteiger partial charge is 0.356 e. The van der Waals surface area contributed by atoms with Gasteiger partial charge in [-0.05, 0) is 62.9 Å². The van der Waals surface area contributed by atoms with E-state index < -0.39 is 0 Å². The molecule has 1 aromatic carbocycles. The quantitative estimate of drug-likeness (QED) is 0.877. The molecule has 0 bridgehead atoms. The monoisotopic (exact) mass is 294 g/mol. The summed E-state index contributed by atoms with van der Waals surface area (Å²) in [6.07, 6.45) is 3.57. The Balaban J connectivity index is 1.76. The van der Waals surface area contributed by atoms with Crippen LogP contribution >= 0.6 is 11.6 Å². The van der Waals surface area contributed by atoms with Crippen molar-refractivity contribution < 1.29 is 4.79 Å². The van der Waals surface area contributed by atoms with E-state index in [1.54, 1.807) is 0 Å². The second-order valence-corrected chi connectivity index (χ2v) is 6.01. The van der Waals surface area contributed by atoms with Crippen LogP contribution in [0, 0.1) is 5.92 Å². The van der Waals surface area contributed by atoms with Crippen molar-refractivity contribution in [2.45, 2.75) is 32.1 Å². The molecular weight excluding hydrogens is 272 g/mol. The van der Waals surface area contributed by atoms with E-state index in [4.69, 9.17) is 11.6 Å². The molecule has 1 heterocycles. The molecule has 3 nitrogen and oxygen atoms in total. The van der Waals surface area contributed by atoms with Crippen LogP contribution in [0.4, 0.5) is 0 Å². The van der Waals surface area contributed by atoms with Crippen LogP contribution in [0.25, 0.3) is 0 Å². The molecule has 0 aromatic heterocycles. The smallest absolute Gasteiger partial charge is 0.227 e. The van der Waals surface area contributed by atoms with Gasteiger partial charge in [0.25, 0.3) is 0 Å². The Hall–Kier alpha value is -1.06. The number of halogens is 1. The molecule has 1 fully saturated rings. The number of benzene rings is 1. The van der Waals surface area contributed by atoms with Gasteiger partial charge in [0.15, 0.2) is 0 Å². The topological polar surface area (TPSA) is 41.1 Å². The predicted molar refractivity (Wildman–Crippen MR) is 83.1 cm³/mol. The van der Waals surface area contributed by atoms with Crippen LogP contribution in [-0.2, 0) is 4.79 Å². The first-order chi connectivity index (χ1) is 9.66. The number of nitrogens with one attached hydrogen (secondary N) is 2. The molecule has 2 atom stereocenters. The van der Waals surface area contributed by atoms with Crippen molar-refractivity contribution in [2.75, 3.05) is 19.6 Å². The summed E-state index contributed by atoms with van der Waals surface area (Å²) >= 11 is 5.96. The fourth-order valence-corrected chi connectivity index (χ4v) is 2.85. The minimum absolute atomic E-state index is 0.0797. The van der Waals surface area contributed by atoms with E-state index in [2.05, 4.69) is 10.6 Å². The molecule has 0 spiro atoms. The van der Waals surface area contributed by atoms with Crippen LogP contribution < -0.4 is 10.6 Å². The second-order valence-electron chi connectivity index (χ2n) is 5.57. The standard InChI is InChI=1S/C16H23ClN2O/c1-12(14-5-2-6-15(17)10-14)16(20)19-9-7-13-4-3-8-18-11-13/h2,5-6,10,12-13,18H,3-4,7-9,11H2,1H3,(H,19,20). The van der Waals surface area contributed by atoms with Crippen molar-refractivity contribution in [1.82, 2.24) is 10.6 Å². The zero-order valence-electron chi connectivity index (χ0n) is 12.0. The van der Waals surface area contributed by atoms with Crippen LogP contribution in [0.15, 0.2) is 24.3 Å². The molecule has 1 saturated heterocycles. The van der Waals surface area contributed by atoms with E-state index in [1.165, 1.54) is 12.8 Å². The Bertz CT molecular complexity index is 444. The third kappa shape index (κ3) is 4.50. The molecule has 4 heteroatoms.